The number of aliphatic hydroxyl groups is 1. The number of nitrogens with one attached hydrogen (secondary N) is 1. The van der Waals surface area contributed by atoms with Crippen LogP contribution >= 0.6 is 0 Å². The Labute approximate surface area is 179 Å². The molecule has 4 rings (SSSR count). The van der Waals surface area contributed by atoms with Gasteiger partial charge in [-0.05, 0) is 37.5 Å². The van der Waals surface area contributed by atoms with Crippen LogP contribution in [-0.2, 0) is 4.79 Å². The van der Waals surface area contributed by atoms with E-state index >= 15 is 0 Å². The molecule has 0 bridgehead atoms. The van der Waals surface area contributed by atoms with Crippen molar-refractivity contribution in [3.05, 3.63) is 41.9 Å². The molecule has 0 saturated heterocycles. The Hall–Kier alpha value is -3.13. The summed E-state index contributed by atoms with van der Waals surface area (Å²) >= 11 is 0. The van der Waals surface area contributed by atoms with Crippen molar-refractivity contribution in [2.45, 2.75) is 45.4 Å². The average Bonchev–Trinajstić information content (AvgIpc) is 3.49. The van der Waals surface area contributed by atoms with Crippen LogP contribution in [0.3, 0.4) is 0 Å². The van der Waals surface area contributed by atoms with Crippen molar-refractivity contribution in [2.75, 3.05) is 12.4 Å². The number of pyridine rings is 3. The Bertz CT molecular complexity index is 1140. The molecule has 2 N–H and O–H groups in total. The summed E-state index contributed by atoms with van der Waals surface area (Å²) in [5.74, 6) is -0.216. The predicted octanol–water partition coefficient (Wildman–Crippen LogP) is 4.14. The van der Waals surface area contributed by atoms with E-state index in [4.69, 9.17) is 4.74 Å². The molecule has 3 heterocycles. The van der Waals surface area contributed by atoms with Gasteiger partial charge in [-0.15, -0.1) is 0 Å². The van der Waals surface area contributed by atoms with Crippen molar-refractivity contribution in [2.24, 2.45) is 5.92 Å². The van der Waals surface area contributed by atoms with Gasteiger partial charge in [-0.1, -0.05) is 13.3 Å². The zero-order valence-corrected chi connectivity index (χ0v) is 17.7. The van der Waals surface area contributed by atoms with Crippen LogP contribution in [0.2, 0.25) is 0 Å². The standard InChI is InChI=1S/C23H25FN4O3/c1-4-5-20(29)19-6-12(2)16(11-25-19)14-7-13-10-26-21(9-18(13)27-23(14)31-3)28-22(30)15-8-17(15)24/h6-7,9-11,15,17,20,29H,4-5,8H2,1-3H3,(H,26,28,30)/t15-,17+,20?/m1/s1. The van der Waals surface area contributed by atoms with Crippen molar-refractivity contribution >= 4 is 22.6 Å². The first-order valence-electron chi connectivity index (χ1n) is 10.4. The summed E-state index contributed by atoms with van der Waals surface area (Å²) in [6, 6.07) is 5.43. The van der Waals surface area contributed by atoms with Gasteiger partial charge in [0, 0.05) is 35.0 Å². The van der Waals surface area contributed by atoms with E-state index in [0.29, 0.717) is 29.3 Å². The molecule has 0 aliphatic heterocycles. The largest absolute Gasteiger partial charge is 0.481 e. The van der Waals surface area contributed by atoms with Gasteiger partial charge in [0.05, 0.1) is 30.3 Å². The molecular formula is C23H25FN4O3. The van der Waals surface area contributed by atoms with Crippen LogP contribution in [0.15, 0.2) is 30.6 Å². The van der Waals surface area contributed by atoms with Gasteiger partial charge in [-0.2, -0.15) is 0 Å². The highest BCUT2D eigenvalue weighted by Gasteiger charge is 2.43. The minimum Gasteiger partial charge on any atom is -0.481 e. The molecule has 8 heteroatoms. The fraction of sp³-hybridized carbons (Fsp3) is 0.391. The molecule has 1 unspecified atom stereocenters. The van der Waals surface area contributed by atoms with Crippen LogP contribution in [0.25, 0.3) is 22.0 Å². The smallest absolute Gasteiger partial charge is 0.231 e. The summed E-state index contributed by atoms with van der Waals surface area (Å²) in [7, 11) is 1.54. The lowest BCUT2D eigenvalue weighted by Crippen LogP contribution is -2.15. The molecule has 0 radical (unpaired) electrons. The summed E-state index contributed by atoms with van der Waals surface area (Å²) in [4.78, 5) is 25.3. The Balaban J connectivity index is 1.67. The number of methoxy groups -OCH3 is 1. The van der Waals surface area contributed by atoms with E-state index in [0.717, 1.165) is 28.5 Å². The van der Waals surface area contributed by atoms with Gasteiger partial charge in [0.2, 0.25) is 11.8 Å². The molecule has 0 aromatic carbocycles. The maximum atomic E-state index is 13.1. The number of carbonyl (C=O) groups excluding carboxylic acids is 1. The number of carbonyl (C=O) groups is 1. The number of amides is 1. The van der Waals surface area contributed by atoms with E-state index in [-0.39, 0.29) is 12.3 Å². The predicted molar refractivity (Wildman–Crippen MR) is 116 cm³/mol. The number of rotatable bonds is 7. The number of ether oxygens (including phenoxy) is 1. The zero-order chi connectivity index (χ0) is 22.1. The fourth-order valence-corrected chi connectivity index (χ4v) is 3.58. The molecule has 3 atom stereocenters. The van der Waals surface area contributed by atoms with Crippen LogP contribution in [-0.4, -0.2) is 39.2 Å². The van der Waals surface area contributed by atoms with Gasteiger partial charge in [0.1, 0.15) is 12.0 Å². The third kappa shape index (κ3) is 4.34. The SMILES string of the molecule is CCCC(O)c1cc(C)c(-c2cc3cnc(NC(=O)[C@@H]4C[C@@H]4F)cc3nc2OC)cn1. The van der Waals surface area contributed by atoms with Crippen molar-refractivity contribution in [1.29, 1.82) is 0 Å². The first kappa shape index (κ1) is 21.1. The zero-order valence-electron chi connectivity index (χ0n) is 17.7. The molecular weight excluding hydrogens is 399 g/mol. The molecule has 1 saturated carbocycles. The monoisotopic (exact) mass is 424 g/mol. The maximum Gasteiger partial charge on any atom is 0.231 e. The van der Waals surface area contributed by atoms with Crippen LogP contribution in [0.1, 0.15) is 43.5 Å². The van der Waals surface area contributed by atoms with E-state index in [1.807, 2.05) is 26.0 Å². The number of hydrogen-bond acceptors (Lipinski definition) is 6. The first-order valence-corrected chi connectivity index (χ1v) is 10.4. The van der Waals surface area contributed by atoms with E-state index < -0.39 is 18.2 Å². The first-order chi connectivity index (χ1) is 14.9. The second-order valence-corrected chi connectivity index (χ2v) is 7.88. The molecule has 1 amide bonds. The average molecular weight is 424 g/mol. The molecule has 31 heavy (non-hydrogen) atoms. The highest BCUT2D eigenvalue weighted by Crippen LogP contribution is 2.36. The minimum atomic E-state index is -1.06. The Morgan fingerprint density at radius 2 is 2.06 bits per heavy atom. The van der Waals surface area contributed by atoms with Gasteiger partial charge in [-0.3, -0.25) is 9.78 Å². The molecule has 162 valence electrons. The maximum absolute atomic E-state index is 13.1. The fourth-order valence-electron chi connectivity index (χ4n) is 3.58. The Morgan fingerprint density at radius 1 is 1.29 bits per heavy atom. The second-order valence-electron chi connectivity index (χ2n) is 7.88. The van der Waals surface area contributed by atoms with E-state index in [2.05, 4.69) is 20.3 Å². The lowest BCUT2D eigenvalue weighted by molar-refractivity contribution is -0.117. The third-order valence-corrected chi connectivity index (χ3v) is 5.48. The Kier molecular flexibility index (Phi) is 5.82. The van der Waals surface area contributed by atoms with Crippen LogP contribution < -0.4 is 10.1 Å². The van der Waals surface area contributed by atoms with Crippen LogP contribution in [0, 0.1) is 12.8 Å². The quantitative estimate of drug-likeness (QED) is 0.592. The number of hydrogen-bond donors (Lipinski definition) is 2. The molecule has 7 nitrogen and oxygen atoms in total. The summed E-state index contributed by atoms with van der Waals surface area (Å²) in [6.07, 6.45) is 3.47. The Morgan fingerprint density at radius 3 is 2.71 bits per heavy atom. The highest BCUT2D eigenvalue weighted by molar-refractivity contribution is 5.96. The van der Waals surface area contributed by atoms with Crippen molar-refractivity contribution in [3.63, 3.8) is 0 Å². The molecule has 1 fully saturated rings. The molecule has 1 aliphatic rings. The number of fused-ring (bicyclic) bond motifs is 1. The summed E-state index contributed by atoms with van der Waals surface area (Å²) in [5, 5.41) is 13.6. The topological polar surface area (TPSA) is 97.2 Å². The van der Waals surface area contributed by atoms with E-state index in [9.17, 15) is 14.3 Å². The van der Waals surface area contributed by atoms with Crippen LogP contribution in [0.4, 0.5) is 10.2 Å². The lowest BCUT2D eigenvalue weighted by atomic mass is 10.00. The molecule has 0 spiro atoms. The van der Waals surface area contributed by atoms with Crippen molar-refractivity contribution in [1.82, 2.24) is 15.0 Å². The molecule has 3 aromatic heterocycles. The van der Waals surface area contributed by atoms with Gasteiger partial charge < -0.3 is 15.2 Å². The summed E-state index contributed by atoms with van der Waals surface area (Å²) < 4.78 is 18.6. The van der Waals surface area contributed by atoms with Gasteiger partial charge >= 0.3 is 0 Å². The number of aromatic nitrogens is 3. The number of halogens is 1. The van der Waals surface area contributed by atoms with Crippen LogP contribution in [0.5, 0.6) is 5.88 Å². The normalized spacial score (nSPS) is 18.6. The number of anilines is 1. The van der Waals surface area contributed by atoms with Gasteiger partial charge in [-0.25, -0.2) is 14.4 Å². The van der Waals surface area contributed by atoms with Gasteiger partial charge in [0.25, 0.3) is 0 Å². The number of alkyl halides is 1. The summed E-state index contributed by atoms with van der Waals surface area (Å²) in [5.41, 5.74) is 3.79. The number of nitrogens with zero attached hydrogens (tertiary/aromatic N) is 3. The number of aryl methyl sites for hydroxylation is 1. The summed E-state index contributed by atoms with van der Waals surface area (Å²) in [6.45, 7) is 3.97. The van der Waals surface area contributed by atoms with E-state index in [1.165, 1.54) is 7.11 Å². The molecule has 3 aromatic rings. The van der Waals surface area contributed by atoms with Crippen molar-refractivity contribution in [3.8, 4) is 17.0 Å². The van der Waals surface area contributed by atoms with Gasteiger partial charge in [0.15, 0.2) is 0 Å². The molecule has 1 aliphatic carbocycles. The second kappa shape index (κ2) is 8.55. The van der Waals surface area contributed by atoms with Crippen molar-refractivity contribution < 1.29 is 19.0 Å². The number of aliphatic hydroxyl groups excluding tert-OH is 1. The van der Waals surface area contributed by atoms with E-state index in [1.54, 1.807) is 18.5 Å². The minimum absolute atomic E-state index is 0.260. The third-order valence-electron chi connectivity index (χ3n) is 5.48. The lowest BCUT2D eigenvalue weighted by Gasteiger charge is -2.14. The highest BCUT2D eigenvalue weighted by atomic mass is 19.1.